The van der Waals surface area contributed by atoms with E-state index in [-0.39, 0.29) is 18.1 Å². The summed E-state index contributed by atoms with van der Waals surface area (Å²) in [5.74, 6) is 1.09. The van der Waals surface area contributed by atoms with Gasteiger partial charge in [-0.05, 0) is 25.0 Å². The summed E-state index contributed by atoms with van der Waals surface area (Å²) in [6.45, 7) is 0.0443. The van der Waals surface area contributed by atoms with Crippen molar-refractivity contribution in [1.29, 1.82) is 0 Å². The number of carbonyl (C=O) groups excluding carboxylic acids is 1. The number of carbonyl (C=O) groups is 1. The molecular formula is C14H18ClNO2. The predicted octanol–water partition coefficient (Wildman–Crippen LogP) is 2.73. The average molecular weight is 268 g/mol. The van der Waals surface area contributed by atoms with Crippen LogP contribution in [0.4, 0.5) is 0 Å². The van der Waals surface area contributed by atoms with Gasteiger partial charge in [0.2, 0.25) is 0 Å². The molecule has 0 aromatic heterocycles. The predicted molar refractivity (Wildman–Crippen MR) is 72.0 cm³/mol. The minimum Gasteiger partial charge on any atom is -0.484 e. The fraction of sp³-hybridized carbons (Fsp3) is 0.500. The van der Waals surface area contributed by atoms with Gasteiger partial charge in [0.15, 0.2) is 6.61 Å². The Hall–Kier alpha value is -1.22. The number of hydrogen-bond donors (Lipinski definition) is 1. The van der Waals surface area contributed by atoms with E-state index < -0.39 is 0 Å². The molecule has 1 N–H and O–H groups in total. The number of amides is 1. The molecule has 0 spiro atoms. The van der Waals surface area contributed by atoms with Crippen LogP contribution in [0.15, 0.2) is 30.3 Å². The Kier molecular flexibility index (Phi) is 4.48. The summed E-state index contributed by atoms with van der Waals surface area (Å²) in [5.41, 5.74) is -0.210. The second kappa shape index (κ2) is 6.10. The van der Waals surface area contributed by atoms with Gasteiger partial charge < -0.3 is 10.1 Å². The van der Waals surface area contributed by atoms with E-state index in [0.29, 0.717) is 11.6 Å². The van der Waals surface area contributed by atoms with Crippen LogP contribution in [0.25, 0.3) is 0 Å². The highest BCUT2D eigenvalue weighted by atomic mass is 35.5. The first kappa shape index (κ1) is 13.2. The molecule has 0 bridgehead atoms. The third-order valence-corrected chi connectivity index (χ3v) is 3.85. The first-order chi connectivity index (χ1) is 8.74. The largest absolute Gasteiger partial charge is 0.484 e. The number of alkyl halides is 1. The van der Waals surface area contributed by atoms with Crippen LogP contribution in [0.1, 0.15) is 25.7 Å². The molecule has 1 aliphatic rings. The Labute approximate surface area is 112 Å². The van der Waals surface area contributed by atoms with Gasteiger partial charge in [0.25, 0.3) is 5.91 Å². The van der Waals surface area contributed by atoms with Crippen LogP contribution in [0.3, 0.4) is 0 Å². The normalized spacial score (nSPS) is 17.4. The fourth-order valence-corrected chi connectivity index (χ4v) is 2.68. The molecule has 1 amide bonds. The van der Waals surface area contributed by atoms with Crippen molar-refractivity contribution in [2.75, 3.05) is 12.5 Å². The molecule has 0 saturated heterocycles. The van der Waals surface area contributed by atoms with Gasteiger partial charge in [-0.2, -0.15) is 0 Å². The highest BCUT2D eigenvalue weighted by Gasteiger charge is 2.34. The van der Waals surface area contributed by atoms with Gasteiger partial charge in [0, 0.05) is 5.88 Å². The zero-order valence-electron chi connectivity index (χ0n) is 10.3. The second-order valence-electron chi connectivity index (χ2n) is 4.77. The van der Waals surface area contributed by atoms with Crippen LogP contribution in [0.5, 0.6) is 5.75 Å². The Morgan fingerprint density at radius 1 is 1.28 bits per heavy atom. The van der Waals surface area contributed by atoms with E-state index in [1.165, 1.54) is 0 Å². The van der Waals surface area contributed by atoms with Crippen molar-refractivity contribution in [3.05, 3.63) is 30.3 Å². The highest BCUT2D eigenvalue weighted by molar-refractivity contribution is 6.18. The quantitative estimate of drug-likeness (QED) is 0.833. The lowest BCUT2D eigenvalue weighted by Gasteiger charge is -2.27. The van der Waals surface area contributed by atoms with Gasteiger partial charge in [0.05, 0.1) is 5.54 Å². The van der Waals surface area contributed by atoms with Gasteiger partial charge in [-0.1, -0.05) is 31.0 Å². The van der Waals surface area contributed by atoms with E-state index in [0.717, 1.165) is 25.7 Å². The zero-order chi connectivity index (χ0) is 12.8. The summed E-state index contributed by atoms with van der Waals surface area (Å²) in [6.07, 6.45) is 4.19. The van der Waals surface area contributed by atoms with Crippen LogP contribution in [-0.2, 0) is 4.79 Å². The Bertz CT molecular complexity index is 388. The number of halogens is 1. The highest BCUT2D eigenvalue weighted by Crippen LogP contribution is 2.30. The van der Waals surface area contributed by atoms with E-state index in [9.17, 15) is 4.79 Å². The molecule has 1 fully saturated rings. The number of ether oxygens (including phenoxy) is 1. The monoisotopic (exact) mass is 267 g/mol. The maximum Gasteiger partial charge on any atom is 0.258 e. The van der Waals surface area contributed by atoms with E-state index in [1.807, 2.05) is 30.3 Å². The molecule has 98 valence electrons. The molecule has 18 heavy (non-hydrogen) atoms. The smallest absolute Gasteiger partial charge is 0.258 e. The van der Waals surface area contributed by atoms with Crippen LogP contribution < -0.4 is 10.1 Å². The second-order valence-corrected chi connectivity index (χ2v) is 5.04. The SMILES string of the molecule is O=C(COc1ccccc1)NC1(CCl)CCCC1. The molecule has 4 heteroatoms. The standard InChI is InChI=1S/C14H18ClNO2/c15-11-14(8-4-5-9-14)16-13(17)10-18-12-6-2-1-3-7-12/h1-3,6-7H,4-5,8-11H2,(H,16,17). The first-order valence-electron chi connectivity index (χ1n) is 6.29. The Balaban J connectivity index is 1.82. The third kappa shape index (κ3) is 3.39. The van der Waals surface area contributed by atoms with Crippen molar-refractivity contribution in [2.45, 2.75) is 31.2 Å². The molecule has 0 atom stereocenters. The lowest BCUT2D eigenvalue weighted by Crippen LogP contribution is -2.49. The number of para-hydroxylation sites is 1. The van der Waals surface area contributed by atoms with Crippen molar-refractivity contribution in [3.8, 4) is 5.75 Å². The van der Waals surface area contributed by atoms with Crippen molar-refractivity contribution in [3.63, 3.8) is 0 Å². The molecule has 0 heterocycles. The summed E-state index contributed by atoms with van der Waals surface area (Å²) in [6, 6.07) is 9.34. The van der Waals surface area contributed by atoms with Gasteiger partial charge >= 0.3 is 0 Å². The molecule has 0 radical (unpaired) electrons. The minimum atomic E-state index is -0.210. The number of rotatable bonds is 5. The van der Waals surface area contributed by atoms with Crippen LogP contribution in [0.2, 0.25) is 0 Å². The van der Waals surface area contributed by atoms with Gasteiger partial charge in [0.1, 0.15) is 5.75 Å². The van der Waals surface area contributed by atoms with Crippen molar-refractivity contribution < 1.29 is 9.53 Å². The molecular weight excluding hydrogens is 250 g/mol. The van der Waals surface area contributed by atoms with Gasteiger partial charge in [-0.3, -0.25) is 4.79 Å². The third-order valence-electron chi connectivity index (χ3n) is 3.33. The molecule has 0 unspecified atom stereocenters. The van der Waals surface area contributed by atoms with Crippen LogP contribution in [0, 0.1) is 0 Å². The minimum absolute atomic E-state index is 0.0443. The van der Waals surface area contributed by atoms with Crippen LogP contribution in [-0.4, -0.2) is 23.9 Å². The molecule has 2 rings (SSSR count). The average Bonchev–Trinajstić information content (AvgIpc) is 2.87. The Morgan fingerprint density at radius 3 is 2.56 bits per heavy atom. The zero-order valence-corrected chi connectivity index (χ0v) is 11.1. The van der Waals surface area contributed by atoms with Crippen molar-refractivity contribution >= 4 is 17.5 Å². The molecule has 1 aliphatic carbocycles. The summed E-state index contributed by atoms with van der Waals surface area (Å²) < 4.78 is 5.41. The van der Waals surface area contributed by atoms with Gasteiger partial charge in [-0.15, -0.1) is 11.6 Å². The molecule has 0 aliphatic heterocycles. The van der Waals surface area contributed by atoms with E-state index in [2.05, 4.69) is 5.32 Å². The molecule has 1 aromatic rings. The summed E-state index contributed by atoms with van der Waals surface area (Å²) in [4.78, 5) is 11.8. The maximum atomic E-state index is 11.8. The molecule has 3 nitrogen and oxygen atoms in total. The summed E-state index contributed by atoms with van der Waals surface area (Å²) in [7, 11) is 0. The van der Waals surface area contributed by atoms with E-state index in [1.54, 1.807) is 0 Å². The Morgan fingerprint density at radius 2 is 1.94 bits per heavy atom. The van der Waals surface area contributed by atoms with E-state index in [4.69, 9.17) is 16.3 Å². The number of nitrogens with one attached hydrogen (secondary N) is 1. The lowest BCUT2D eigenvalue weighted by molar-refractivity contribution is -0.124. The maximum absolute atomic E-state index is 11.8. The fourth-order valence-electron chi connectivity index (χ4n) is 2.34. The number of hydrogen-bond acceptors (Lipinski definition) is 2. The summed E-state index contributed by atoms with van der Waals surface area (Å²) >= 11 is 5.97. The van der Waals surface area contributed by atoms with Crippen molar-refractivity contribution in [2.24, 2.45) is 0 Å². The molecule has 1 aromatic carbocycles. The number of benzene rings is 1. The molecule has 1 saturated carbocycles. The summed E-state index contributed by atoms with van der Waals surface area (Å²) in [5, 5.41) is 3.02. The topological polar surface area (TPSA) is 38.3 Å². The lowest BCUT2D eigenvalue weighted by atomic mass is 10.0. The first-order valence-corrected chi connectivity index (χ1v) is 6.82. The van der Waals surface area contributed by atoms with Gasteiger partial charge in [-0.25, -0.2) is 0 Å². The van der Waals surface area contributed by atoms with Crippen molar-refractivity contribution in [1.82, 2.24) is 5.32 Å². The van der Waals surface area contributed by atoms with E-state index >= 15 is 0 Å². The van der Waals surface area contributed by atoms with Crippen LogP contribution >= 0.6 is 11.6 Å².